The SMILES string of the molecule is CCCCCC/C=C\C=C/CCCCCCCC(=O)OC[C@H](COP(=O)(O)OC[C@@H](O)COP(=O)(O)OC[C@@H](COC(=O)CCCCCCCCCCCC)OC(=O)CCCCCCCCCCC(C)C)OC(=O)CCCCCCCCCCCCCCCC(C)C. The van der Waals surface area contributed by atoms with Crippen LogP contribution in [0.15, 0.2) is 24.3 Å². The average Bonchev–Trinajstić information content (AvgIpc) is 3.73. The van der Waals surface area contributed by atoms with Crippen molar-refractivity contribution in [2.24, 2.45) is 11.8 Å². The van der Waals surface area contributed by atoms with Crippen LogP contribution in [0.1, 0.15) is 350 Å². The lowest BCUT2D eigenvalue weighted by Crippen LogP contribution is -2.30. The van der Waals surface area contributed by atoms with E-state index in [2.05, 4.69) is 65.8 Å². The molecule has 0 aromatic heterocycles. The van der Waals surface area contributed by atoms with Gasteiger partial charge in [0, 0.05) is 25.7 Å². The van der Waals surface area contributed by atoms with E-state index >= 15 is 0 Å². The summed E-state index contributed by atoms with van der Waals surface area (Å²) in [5.41, 5.74) is 0. The molecule has 0 aliphatic heterocycles. The number of carbonyl (C=O) groups is 4. The van der Waals surface area contributed by atoms with Gasteiger partial charge in [0.2, 0.25) is 0 Å². The van der Waals surface area contributed by atoms with Crippen molar-refractivity contribution in [1.82, 2.24) is 0 Å². The lowest BCUT2D eigenvalue weighted by atomic mass is 10.0. The zero-order chi connectivity index (χ0) is 67.9. The third-order valence-electron chi connectivity index (χ3n) is 16.3. The van der Waals surface area contributed by atoms with E-state index in [0.29, 0.717) is 25.7 Å². The fourth-order valence-electron chi connectivity index (χ4n) is 10.6. The van der Waals surface area contributed by atoms with Crippen molar-refractivity contribution in [3.05, 3.63) is 24.3 Å². The third kappa shape index (κ3) is 66.2. The molecule has 542 valence electrons. The first-order valence-electron chi connectivity index (χ1n) is 37.3. The number of phosphoric ester groups is 2. The maximum Gasteiger partial charge on any atom is 0.472 e. The second kappa shape index (κ2) is 64.5. The second-order valence-corrected chi connectivity index (χ2v) is 29.5. The molecule has 0 aromatic carbocycles. The molecule has 0 aromatic rings. The van der Waals surface area contributed by atoms with Gasteiger partial charge in [-0.3, -0.25) is 37.3 Å². The number of phosphoric acid groups is 2. The molecule has 0 fully saturated rings. The Hall–Kier alpha value is -2.46. The fourth-order valence-corrected chi connectivity index (χ4v) is 12.2. The largest absolute Gasteiger partial charge is 0.472 e. The predicted molar refractivity (Wildman–Crippen MR) is 372 cm³/mol. The molecule has 0 rings (SSSR count). The van der Waals surface area contributed by atoms with E-state index in [1.54, 1.807) is 0 Å². The smallest absolute Gasteiger partial charge is 0.462 e. The molecule has 3 N–H and O–H groups in total. The Kier molecular flexibility index (Phi) is 62.8. The molecule has 92 heavy (non-hydrogen) atoms. The molecule has 0 spiro atoms. The molecule has 0 heterocycles. The molecule has 0 amide bonds. The zero-order valence-corrected chi connectivity index (χ0v) is 61.1. The highest BCUT2D eigenvalue weighted by Gasteiger charge is 2.30. The summed E-state index contributed by atoms with van der Waals surface area (Å²) >= 11 is 0. The van der Waals surface area contributed by atoms with Gasteiger partial charge in [-0.15, -0.1) is 0 Å². The van der Waals surface area contributed by atoms with Gasteiger partial charge in [0.15, 0.2) is 12.2 Å². The van der Waals surface area contributed by atoms with Crippen molar-refractivity contribution in [3.63, 3.8) is 0 Å². The first-order valence-corrected chi connectivity index (χ1v) is 40.3. The average molecular weight is 1350 g/mol. The number of allylic oxidation sites excluding steroid dienone is 4. The Morgan fingerprint density at radius 3 is 0.891 bits per heavy atom. The topological polar surface area (TPSA) is 237 Å². The van der Waals surface area contributed by atoms with Crippen LogP contribution < -0.4 is 0 Å². The van der Waals surface area contributed by atoms with Gasteiger partial charge in [-0.2, -0.15) is 0 Å². The highest BCUT2D eigenvalue weighted by molar-refractivity contribution is 7.47. The van der Waals surface area contributed by atoms with E-state index in [4.69, 9.17) is 37.0 Å². The van der Waals surface area contributed by atoms with Crippen LogP contribution in [0, 0.1) is 11.8 Å². The summed E-state index contributed by atoms with van der Waals surface area (Å²) in [6, 6.07) is 0. The lowest BCUT2D eigenvalue weighted by molar-refractivity contribution is -0.161. The maximum absolute atomic E-state index is 13.0. The number of rotatable bonds is 70. The Bertz CT molecular complexity index is 1880. The van der Waals surface area contributed by atoms with Gasteiger partial charge in [-0.25, -0.2) is 9.13 Å². The molecular formula is C73H138O17P2. The summed E-state index contributed by atoms with van der Waals surface area (Å²) in [6.45, 7) is 9.47. The van der Waals surface area contributed by atoms with Gasteiger partial charge in [0.05, 0.1) is 26.4 Å². The van der Waals surface area contributed by atoms with Crippen LogP contribution in [0.2, 0.25) is 0 Å². The number of aliphatic hydroxyl groups is 1. The zero-order valence-electron chi connectivity index (χ0n) is 59.3. The Morgan fingerprint density at radius 1 is 0.337 bits per heavy atom. The molecule has 0 aliphatic carbocycles. The van der Waals surface area contributed by atoms with Crippen LogP contribution in [0.3, 0.4) is 0 Å². The second-order valence-electron chi connectivity index (χ2n) is 26.6. The highest BCUT2D eigenvalue weighted by Crippen LogP contribution is 2.45. The van der Waals surface area contributed by atoms with E-state index in [9.17, 15) is 43.2 Å². The van der Waals surface area contributed by atoms with E-state index < -0.39 is 97.5 Å². The third-order valence-corrected chi connectivity index (χ3v) is 18.2. The molecular weight excluding hydrogens is 1210 g/mol. The predicted octanol–water partition coefficient (Wildman–Crippen LogP) is 20.7. The molecule has 5 atom stereocenters. The van der Waals surface area contributed by atoms with Crippen molar-refractivity contribution >= 4 is 39.5 Å². The van der Waals surface area contributed by atoms with Crippen LogP contribution in [-0.4, -0.2) is 96.7 Å². The summed E-state index contributed by atoms with van der Waals surface area (Å²) in [5, 5.41) is 10.6. The molecule has 17 nitrogen and oxygen atoms in total. The van der Waals surface area contributed by atoms with Gasteiger partial charge in [-0.1, -0.05) is 297 Å². The molecule has 2 unspecified atom stereocenters. The first kappa shape index (κ1) is 89.5. The number of hydrogen-bond acceptors (Lipinski definition) is 15. The van der Waals surface area contributed by atoms with Gasteiger partial charge in [0.1, 0.15) is 19.3 Å². The summed E-state index contributed by atoms with van der Waals surface area (Å²) in [6.07, 6.45) is 53.5. The quantitative estimate of drug-likeness (QED) is 0.0169. The van der Waals surface area contributed by atoms with Crippen molar-refractivity contribution in [2.75, 3.05) is 39.6 Å². The molecule has 0 saturated carbocycles. The van der Waals surface area contributed by atoms with Gasteiger partial charge in [-0.05, 0) is 63.2 Å². The van der Waals surface area contributed by atoms with Crippen molar-refractivity contribution < 1.29 is 80.2 Å². The van der Waals surface area contributed by atoms with E-state index in [0.717, 1.165) is 121 Å². The molecule has 19 heteroatoms. The Morgan fingerprint density at radius 2 is 0.587 bits per heavy atom. The normalized spacial score (nSPS) is 14.2. The van der Waals surface area contributed by atoms with Crippen molar-refractivity contribution in [2.45, 2.75) is 368 Å². The summed E-state index contributed by atoms with van der Waals surface area (Å²) < 4.78 is 68.3. The number of unbranched alkanes of at least 4 members (excludes halogenated alkanes) is 37. The monoisotopic (exact) mass is 1350 g/mol. The molecule has 0 aliphatic rings. The van der Waals surface area contributed by atoms with Gasteiger partial charge >= 0.3 is 39.5 Å². The van der Waals surface area contributed by atoms with Crippen molar-refractivity contribution in [1.29, 1.82) is 0 Å². The summed E-state index contributed by atoms with van der Waals surface area (Å²) in [7, 11) is -9.92. The van der Waals surface area contributed by atoms with Gasteiger partial charge in [0.25, 0.3) is 0 Å². The Labute approximate surface area is 561 Å². The lowest BCUT2D eigenvalue weighted by Gasteiger charge is -2.21. The Balaban J connectivity index is 5.28. The van der Waals surface area contributed by atoms with E-state index in [-0.39, 0.29) is 25.7 Å². The van der Waals surface area contributed by atoms with Crippen LogP contribution in [-0.2, 0) is 65.4 Å². The van der Waals surface area contributed by atoms with Crippen LogP contribution in [0.5, 0.6) is 0 Å². The maximum atomic E-state index is 13.0. The number of esters is 4. The molecule has 0 bridgehead atoms. The molecule has 0 saturated heterocycles. The van der Waals surface area contributed by atoms with Crippen LogP contribution in [0.25, 0.3) is 0 Å². The van der Waals surface area contributed by atoms with E-state index in [1.165, 1.54) is 148 Å². The minimum Gasteiger partial charge on any atom is -0.462 e. The first-order chi connectivity index (χ1) is 44.4. The standard InChI is InChI=1S/C73H138O17P2/c1-7-9-11-13-15-17-19-20-21-24-27-31-38-44-50-56-71(76)84-61-68(89-72(77)57-51-45-39-32-28-25-22-23-26-29-35-41-47-53-65(3)4)63-87-91(79,80)85-59-67(74)60-86-92(81,82)88-64-69(62-83-70(75)55-49-43-37-30-18-16-14-12-10-8-2)90-73(78)58-52-46-40-34-33-36-42-48-54-66(5)6/h17,19-21,65-69,74H,7-16,18,22-64H2,1-6H3,(H,79,80)(H,81,82)/b19-17-,21-20-/t67-,68-,69-/m1/s1. The minimum absolute atomic E-state index is 0.100. The number of aliphatic hydroxyl groups excluding tert-OH is 1. The van der Waals surface area contributed by atoms with Crippen molar-refractivity contribution in [3.8, 4) is 0 Å². The summed E-state index contributed by atoms with van der Waals surface area (Å²) in [5.74, 6) is -0.651. The molecule has 0 radical (unpaired) electrons. The number of carbonyl (C=O) groups excluding carboxylic acids is 4. The van der Waals surface area contributed by atoms with Gasteiger partial charge < -0.3 is 33.8 Å². The van der Waals surface area contributed by atoms with Crippen LogP contribution >= 0.6 is 15.6 Å². The summed E-state index contributed by atoms with van der Waals surface area (Å²) in [4.78, 5) is 72.6. The number of hydrogen-bond donors (Lipinski definition) is 3. The van der Waals surface area contributed by atoms with E-state index in [1.807, 2.05) is 0 Å². The highest BCUT2D eigenvalue weighted by atomic mass is 31.2. The van der Waals surface area contributed by atoms with Crippen LogP contribution in [0.4, 0.5) is 0 Å². The minimum atomic E-state index is -4.96. The number of ether oxygens (including phenoxy) is 4. The fraction of sp³-hybridized carbons (Fsp3) is 0.890.